The molecule has 5 rings (SSSR count). The maximum Gasteiger partial charge on any atom is 0.255 e. The molecule has 1 aromatic carbocycles. The van der Waals surface area contributed by atoms with Crippen LogP contribution < -0.4 is 16.0 Å². The third-order valence-corrected chi connectivity index (χ3v) is 6.92. The number of anilines is 4. The maximum absolute atomic E-state index is 14.4. The minimum atomic E-state index is -1.69. The van der Waals surface area contributed by atoms with E-state index in [1.165, 1.54) is 31.2 Å². The fraction of sp³-hybridized carbons (Fsp3) is 0.429. The standard InChI is InChI=1S/C28H34FN7O/c1-28(2,29)27-30-12-11-24(35-27)34-23-15-25(31-16-22(23)26(37)33-19-8-9-19)32-20-7-5-18-14-21(36(3)4)10-6-17(18)13-20/h5,7,11-13,15-16,19,21H,6,8-10,14H2,1-4H3,(H,33,37)(H2,30,31,32,34,35). The summed E-state index contributed by atoms with van der Waals surface area (Å²) in [6, 6.07) is 10.6. The Balaban J connectivity index is 1.40. The second kappa shape index (κ2) is 10.0. The van der Waals surface area contributed by atoms with Gasteiger partial charge in [-0.05, 0) is 89.4 Å². The van der Waals surface area contributed by atoms with Gasteiger partial charge in [-0.15, -0.1) is 0 Å². The second-order valence-corrected chi connectivity index (χ2v) is 10.7. The molecule has 0 aliphatic heterocycles. The largest absolute Gasteiger partial charge is 0.349 e. The molecular formula is C28H34FN7O. The molecule has 3 N–H and O–H groups in total. The van der Waals surface area contributed by atoms with Crippen molar-refractivity contribution in [2.24, 2.45) is 0 Å². The number of pyridine rings is 1. The Hall–Kier alpha value is -3.59. The number of fused-ring (bicyclic) bond motifs is 1. The van der Waals surface area contributed by atoms with Crippen LogP contribution in [-0.4, -0.2) is 51.9 Å². The van der Waals surface area contributed by atoms with Crippen LogP contribution in [0.4, 0.5) is 27.4 Å². The molecule has 1 unspecified atom stereocenters. The molecular weight excluding hydrogens is 469 g/mol. The number of rotatable bonds is 8. The highest BCUT2D eigenvalue weighted by molar-refractivity contribution is 6.00. The number of hydrogen-bond donors (Lipinski definition) is 3. The highest BCUT2D eigenvalue weighted by Gasteiger charge is 2.26. The first-order valence-electron chi connectivity index (χ1n) is 12.8. The molecule has 2 heterocycles. The van der Waals surface area contributed by atoms with E-state index < -0.39 is 5.67 Å². The van der Waals surface area contributed by atoms with Gasteiger partial charge in [-0.2, -0.15) is 0 Å². The predicted octanol–water partition coefficient (Wildman–Crippen LogP) is 4.87. The van der Waals surface area contributed by atoms with Crippen LogP contribution in [0.3, 0.4) is 0 Å². The van der Waals surface area contributed by atoms with E-state index in [1.807, 2.05) is 0 Å². The normalized spacial score (nSPS) is 17.3. The monoisotopic (exact) mass is 503 g/mol. The van der Waals surface area contributed by atoms with Crippen molar-refractivity contribution in [3.8, 4) is 0 Å². The van der Waals surface area contributed by atoms with Gasteiger partial charge < -0.3 is 20.9 Å². The van der Waals surface area contributed by atoms with Gasteiger partial charge in [-0.1, -0.05) is 6.07 Å². The Morgan fingerprint density at radius 1 is 1.03 bits per heavy atom. The highest BCUT2D eigenvalue weighted by Crippen LogP contribution is 2.30. The van der Waals surface area contributed by atoms with E-state index in [0.717, 1.165) is 37.8 Å². The van der Waals surface area contributed by atoms with Crippen LogP contribution in [0, 0.1) is 0 Å². The van der Waals surface area contributed by atoms with Gasteiger partial charge in [0.05, 0.1) is 11.3 Å². The molecule has 1 atom stereocenters. The lowest BCUT2D eigenvalue weighted by Gasteiger charge is -2.30. The van der Waals surface area contributed by atoms with Crippen molar-refractivity contribution in [1.29, 1.82) is 0 Å². The first-order chi connectivity index (χ1) is 17.7. The van der Waals surface area contributed by atoms with Crippen molar-refractivity contribution in [3.63, 3.8) is 0 Å². The van der Waals surface area contributed by atoms with Gasteiger partial charge in [-0.25, -0.2) is 19.3 Å². The summed E-state index contributed by atoms with van der Waals surface area (Å²) in [5.74, 6) is 0.859. The Kier molecular flexibility index (Phi) is 6.81. The van der Waals surface area contributed by atoms with Crippen LogP contribution >= 0.6 is 0 Å². The molecule has 2 aromatic heterocycles. The number of benzene rings is 1. The molecule has 9 heteroatoms. The molecule has 2 aliphatic carbocycles. The van der Waals surface area contributed by atoms with Crippen molar-refractivity contribution >= 4 is 28.9 Å². The Morgan fingerprint density at radius 2 is 1.84 bits per heavy atom. The molecule has 2 aliphatic rings. The summed E-state index contributed by atoms with van der Waals surface area (Å²) >= 11 is 0. The summed E-state index contributed by atoms with van der Waals surface area (Å²) in [6.07, 6.45) is 8.25. The fourth-order valence-electron chi connectivity index (χ4n) is 4.55. The number of aromatic nitrogens is 3. The zero-order valence-corrected chi connectivity index (χ0v) is 21.8. The van der Waals surface area contributed by atoms with Gasteiger partial charge in [0.15, 0.2) is 11.5 Å². The molecule has 0 saturated heterocycles. The van der Waals surface area contributed by atoms with Crippen LogP contribution in [0.2, 0.25) is 0 Å². The summed E-state index contributed by atoms with van der Waals surface area (Å²) in [5.41, 5.74) is 2.92. The lowest BCUT2D eigenvalue weighted by molar-refractivity contribution is 0.0951. The molecule has 1 amide bonds. The molecule has 1 fully saturated rings. The summed E-state index contributed by atoms with van der Waals surface area (Å²) in [7, 11) is 4.27. The average molecular weight is 504 g/mol. The average Bonchev–Trinajstić information content (AvgIpc) is 3.67. The number of aryl methyl sites for hydroxylation is 1. The smallest absolute Gasteiger partial charge is 0.255 e. The number of carbonyl (C=O) groups is 1. The SMILES string of the molecule is CN(C)C1CCc2cc(Nc3cc(Nc4ccnc(C(C)(C)F)n4)c(C(=O)NC4CC4)cn3)ccc2C1. The number of nitrogens with one attached hydrogen (secondary N) is 3. The number of hydrogen-bond acceptors (Lipinski definition) is 7. The number of likely N-dealkylation sites (N-methyl/N-ethyl adjacent to an activating group) is 1. The third kappa shape index (κ3) is 6.05. The minimum Gasteiger partial charge on any atom is -0.349 e. The van der Waals surface area contributed by atoms with Gasteiger partial charge in [0.25, 0.3) is 5.91 Å². The van der Waals surface area contributed by atoms with E-state index in [0.29, 0.717) is 28.9 Å². The van der Waals surface area contributed by atoms with E-state index in [2.05, 4.69) is 68.1 Å². The zero-order valence-electron chi connectivity index (χ0n) is 21.8. The van der Waals surface area contributed by atoms with Gasteiger partial charge in [0, 0.05) is 36.2 Å². The van der Waals surface area contributed by atoms with Crippen LogP contribution in [-0.2, 0) is 18.5 Å². The Bertz CT molecular complexity index is 1300. The molecule has 37 heavy (non-hydrogen) atoms. The second-order valence-electron chi connectivity index (χ2n) is 10.7. The summed E-state index contributed by atoms with van der Waals surface area (Å²) in [6.45, 7) is 2.82. The first kappa shape index (κ1) is 25.1. The van der Waals surface area contributed by atoms with Crippen LogP contribution in [0.25, 0.3) is 0 Å². The van der Waals surface area contributed by atoms with Crippen LogP contribution in [0.1, 0.15) is 60.4 Å². The number of amides is 1. The summed E-state index contributed by atoms with van der Waals surface area (Å²) < 4.78 is 14.4. The summed E-state index contributed by atoms with van der Waals surface area (Å²) in [5, 5.41) is 9.58. The predicted molar refractivity (Wildman–Crippen MR) is 143 cm³/mol. The fourth-order valence-corrected chi connectivity index (χ4v) is 4.55. The Morgan fingerprint density at radius 3 is 2.57 bits per heavy atom. The van der Waals surface area contributed by atoms with Crippen LogP contribution in [0.5, 0.6) is 0 Å². The lowest BCUT2D eigenvalue weighted by atomic mass is 9.87. The lowest BCUT2D eigenvalue weighted by Crippen LogP contribution is -2.33. The van der Waals surface area contributed by atoms with Crippen molar-refractivity contribution in [3.05, 3.63) is 65.2 Å². The topological polar surface area (TPSA) is 95.1 Å². The molecule has 1 saturated carbocycles. The molecule has 0 bridgehead atoms. The number of nitrogens with zero attached hydrogens (tertiary/aromatic N) is 4. The number of carbonyl (C=O) groups excluding carboxylic acids is 1. The molecule has 8 nitrogen and oxygen atoms in total. The summed E-state index contributed by atoms with van der Waals surface area (Å²) in [4.78, 5) is 28.1. The highest BCUT2D eigenvalue weighted by atomic mass is 19.1. The molecule has 0 spiro atoms. The maximum atomic E-state index is 14.4. The zero-order chi connectivity index (χ0) is 26.2. The van der Waals surface area contributed by atoms with E-state index >= 15 is 0 Å². The third-order valence-electron chi connectivity index (χ3n) is 6.92. The van der Waals surface area contributed by atoms with Gasteiger partial charge in [0.1, 0.15) is 11.6 Å². The molecule has 0 radical (unpaired) electrons. The Labute approximate surface area is 217 Å². The van der Waals surface area contributed by atoms with Gasteiger partial charge >= 0.3 is 0 Å². The first-order valence-corrected chi connectivity index (χ1v) is 12.8. The van der Waals surface area contributed by atoms with Crippen LogP contribution in [0.15, 0.2) is 42.7 Å². The van der Waals surface area contributed by atoms with E-state index in [-0.39, 0.29) is 17.8 Å². The van der Waals surface area contributed by atoms with Gasteiger partial charge in [0.2, 0.25) is 0 Å². The van der Waals surface area contributed by atoms with E-state index in [9.17, 15) is 9.18 Å². The molecule has 194 valence electrons. The van der Waals surface area contributed by atoms with Crippen molar-refractivity contribution in [2.75, 3.05) is 24.7 Å². The van der Waals surface area contributed by atoms with E-state index in [1.54, 1.807) is 18.3 Å². The molecule has 3 aromatic rings. The van der Waals surface area contributed by atoms with Crippen molar-refractivity contribution < 1.29 is 9.18 Å². The van der Waals surface area contributed by atoms with Crippen molar-refractivity contribution in [2.45, 2.75) is 63.7 Å². The van der Waals surface area contributed by atoms with Crippen molar-refractivity contribution in [1.82, 2.24) is 25.2 Å². The quantitative estimate of drug-likeness (QED) is 0.403. The number of alkyl halides is 1. The van der Waals surface area contributed by atoms with E-state index in [4.69, 9.17) is 0 Å². The minimum absolute atomic E-state index is 0.0689. The van der Waals surface area contributed by atoms with Gasteiger partial charge in [-0.3, -0.25) is 4.79 Å². The number of halogens is 1.